The predicted octanol–water partition coefficient (Wildman–Crippen LogP) is 4.13. The number of nitrogens with one attached hydrogen (secondary N) is 1. The smallest absolute Gasteiger partial charge is 0.255 e. The molecule has 8 heteroatoms. The monoisotopic (exact) mass is 427 g/mol. The summed E-state index contributed by atoms with van der Waals surface area (Å²) in [7, 11) is 0. The van der Waals surface area contributed by atoms with Gasteiger partial charge in [0.05, 0.1) is 22.4 Å². The molecule has 0 aliphatic rings. The third-order valence-corrected chi connectivity index (χ3v) is 5.37. The highest BCUT2D eigenvalue weighted by molar-refractivity contribution is 6.04. The number of pyridine rings is 2. The van der Waals surface area contributed by atoms with Crippen molar-refractivity contribution in [1.82, 2.24) is 19.3 Å². The number of hydrogen-bond donors (Lipinski definition) is 1. The second kappa shape index (κ2) is 7.42. The number of halogens is 1. The lowest BCUT2D eigenvalue weighted by Gasteiger charge is -2.16. The summed E-state index contributed by atoms with van der Waals surface area (Å²) in [6.07, 6.45) is 5.18. The number of carbonyl (C=O) groups excluding carboxylic acids is 1. The van der Waals surface area contributed by atoms with Crippen molar-refractivity contribution in [2.45, 2.75) is 13.8 Å². The normalized spacial score (nSPS) is 11.2. The number of aromatic nitrogens is 4. The fourth-order valence-electron chi connectivity index (χ4n) is 3.83. The first-order valence-corrected chi connectivity index (χ1v) is 9.95. The summed E-state index contributed by atoms with van der Waals surface area (Å²) >= 11 is 0. The quantitative estimate of drug-likeness (QED) is 0.439. The number of carbonyl (C=O) groups is 1. The molecule has 0 bridgehead atoms. The van der Waals surface area contributed by atoms with Crippen LogP contribution < -0.4 is 10.9 Å². The van der Waals surface area contributed by atoms with E-state index in [-0.39, 0.29) is 11.5 Å². The maximum Gasteiger partial charge on any atom is 0.255 e. The van der Waals surface area contributed by atoms with Crippen molar-refractivity contribution in [2.24, 2.45) is 0 Å². The molecule has 0 saturated carbocycles. The summed E-state index contributed by atoms with van der Waals surface area (Å²) in [6, 6.07) is 13.5. The number of anilines is 1. The lowest BCUT2D eigenvalue weighted by molar-refractivity contribution is -0.114. The third-order valence-electron chi connectivity index (χ3n) is 5.37. The molecule has 32 heavy (non-hydrogen) atoms. The van der Waals surface area contributed by atoms with Gasteiger partial charge in [-0.2, -0.15) is 5.10 Å². The van der Waals surface area contributed by atoms with E-state index in [0.717, 1.165) is 16.5 Å². The van der Waals surface area contributed by atoms with E-state index in [2.05, 4.69) is 15.4 Å². The van der Waals surface area contributed by atoms with E-state index < -0.39 is 5.82 Å². The molecule has 5 aromatic rings. The van der Waals surface area contributed by atoms with Crippen molar-refractivity contribution < 1.29 is 9.18 Å². The Labute approximate surface area is 181 Å². The Bertz CT molecular complexity index is 1570. The van der Waals surface area contributed by atoms with E-state index in [1.807, 2.05) is 30.5 Å². The van der Waals surface area contributed by atoms with Gasteiger partial charge in [-0.1, -0.05) is 0 Å². The van der Waals surface area contributed by atoms with Gasteiger partial charge in [-0.25, -0.2) is 9.07 Å². The average molecular weight is 427 g/mol. The standard InChI is InChI=1S/C24H18FN5O2/c1-14-20(25)11-18(12-22(14)28-15(2)31)30-23(32)7-4-16-13-26-21-6-5-17(10-19(21)24(16)30)29-9-3-8-27-29/h3-13H,1-2H3,(H,28,31). The van der Waals surface area contributed by atoms with Crippen molar-refractivity contribution >= 4 is 33.4 Å². The molecule has 0 aliphatic carbocycles. The Morgan fingerprint density at radius 1 is 1.09 bits per heavy atom. The molecule has 0 radical (unpaired) electrons. The van der Waals surface area contributed by atoms with Crippen LogP contribution in [0.2, 0.25) is 0 Å². The Morgan fingerprint density at radius 2 is 1.94 bits per heavy atom. The molecule has 7 nitrogen and oxygen atoms in total. The summed E-state index contributed by atoms with van der Waals surface area (Å²) < 4.78 is 17.9. The molecule has 1 N–H and O–H groups in total. The van der Waals surface area contributed by atoms with Crippen molar-refractivity contribution in [3.8, 4) is 11.4 Å². The molecule has 0 fully saturated rings. The summed E-state index contributed by atoms with van der Waals surface area (Å²) in [5.74, 6) is -0.848. The lowest BCUT2D eigenvalue weighted by Crippen LogP contribution is -2.19. The van der Waals surface area contributed by atoms with Crippen molar-refractivity contribution in [3.63, 3.8) is 0 Å². The van der Waals surface area contributed by atoms with Crippen LogP contribution >= 0.6 is 0 Å². The molecule has 3 aromatic heterocycles. The maximum absolute atomic E-state index is 14.8. The minimum atomic E-state index is -0.522. The van der Waals surface area contributed by atoms with E-state index in [4.69, 9.17) is 0 Å². The van der Waals surface area contributed by atoms with E-state index >= 15 is 0 Å². The van der Waals surface area contributed by atoms with Crippen LogP contribution in [0, 0.1) is 12.7 Å². The highest BCUT2D eigenvalue weighted by Crippen LogP contribution is 2.29. The fourth-order valence-corrected chi connectivity index (χ4v) is 3.83. The molecule has 0 aliphatic heterocycles. The van der Waals surface area contributed by atoms with Crippen molar-refractivity contribution in [1.29, 1.82) is 0 Å². The van der Waals surface area contributed by atoms with Gasteiger partial charge in [0.25, 0.3) is 5.56 Å². The number of hydrogen-bond acceptors (Lipinski definition) is 4. The zero-order valence-electron chi connectivity index (χ0n) is 17.3. The first-order chi connectivity index (χ1) is 15.4. The van der Waals surface area contributed by atoms with E-state index in [0.29, 0.717) is 28.0 Å². The zero-order valence-corrected chi connectivity index (χ0v) is 17.3. The van der Waals surface area contributed by atoms with Crippen LogP contribution in [0.25, 0.3) is 33.2 Å². The molecule has 0 unspecified atom stereocenters. The fraction of sp³-hybridized carbons (Fsp3) is 0.0833. The summed E-state index contributed by atoms with van der Waals surface area (Å²) in [4.78, 5) is 29.2. The maximum atomic E-state index is 14.8. The lowest BCUT2D eigenvalue weighted by atomic mass is 10.1. The Hall–Kier alpha value is -4.33. The Balaban J connectivity index is 1.86. The van der Waals surface area contributed by atoms with E-state index in [1.54, 1.807) is 36.1 Å². The van der Waals surface area contributed by atoms with Crippen molar-refractivity contribution in [3.05, 3.63) is 88.9 Å². The molecule has 1 amide bonds. The van der Waals surface area contributed by atoms with Crippen LogP contribution in [-0.4, -0.2) is 25.2 Å². The number of benzene rings is 2. The Kier molecular flexibility index (Phi) is 4.55. The zero-order chi connectivity index (χ0) is 22.4. The van der Waals surface area contributed by atoms with Gasteiger partial charge in [0.2, 0.25) is 5.91 Å². The molecular weight excluding hydrogens is 409 g/mol. The van der Waals surface area contributed by atoms with Gasteiger partial charge in [-0.15, -0.1) is 0 Å². The first-order valence-electron chi connectivity index (χ1n) is 9.95. The van der Waals surface area contributed by atoms with Crippen molar-refractivity contribution in [2.75, 3.05) is 5.32 Å². The largest absolute Gasteiger partial charge is 0.326 e. The molecule has 0 atom stereocenters. The topological polar surface area (TPSA) is 81.8 Å². The molecular formula is C24H18FN5O2. The average Bonchev–Trinajstić information content (AvgIpc) is 3.31. The number of fused-ring (bicyclic) bond motifs is 3. The molecule has 0 saturated heterocycles. The Morgan fingerprint density at radius 3 is 2.69 bits per heavy atom. The SMILES string of the molecule is CC(=O)Nc1cc(-n2c(=O)ccc3cnc4ccc(-n5cccn5)cc4c32)cc(F)c1C. The van der Waals surface area contributed by atoms with Crippen LogP contribution in [0.4, 0.5) is 10.1 Å². The number of nitrogens with zero attached hydrogens (tertiary/aromatic N) is 4. The van der Waals surface area contributed by atoms with Gasteiger partial charge in [0.15, 0.2) is 0 Å². The van der Waals surface area contributed by atoms with Gasteiger partial charge >= 0.3 is 0 Å². The molecule has 5 rings (SSSR count). The molecule has 0 spiro atoms. The van der Waals surface area contributed by atoms with E-state index in [1.165, 1.54) is 23.6 Å². The summed E-state index contributed by atoms with van der Waals surface area (Å²) in [5, 5.41) is 8.35. The highest BCUT2D eigenvalue weighted by Gasteiger charge is 2.15. The van der Waals surface area contributed by atoms with Crippen LogP contribution in [0.1, 0.15) is 12.5 Å². The predicted molar refractivity (Wildman–Crippen MR) is 121 cm³/mol. The third kappa shape index (κ3) is 3.22. The summed E-state index contributed by atoms with van der Waals surface area (Å²) in [5.41, 5.74) is 2.66. The van der Waals surface area contributed by atoms with Crippen LogP contribution in [0.15, 0.2) is 71.9 Å². The van der Waals surface area contributed by atoms with Gasteiger partial charge in [0, 0.05) is 53.6 Å². The van der Waals surface area contributed by atoms with E-state index in [9.17, 15) is 14.0 Å². The van der Waals surface area contributed by atoms with Gasteiger partial charge in [-0.05, 0) is 49.4 Å². The second-order valence-electron chi connectivity index (χ2n) is 7.50. The van der Waals surface area contributed by atoms with Gasteiger partial charge < -0.3 is 5.32 Å². The number of amides is 1. The minimum Gasteiger partial charge on any atom is -0.326 e. The molecule has 3 heterocycles. The first kappa shape index (κ1) is 19.6. The van der Waals surface area contributed by atoms with Gasteiger partial charge in [0.1, 0.15) is 5.82 Å². The second-order valence-corrected chi connectivity index (χ2v) is 7.50. The van der Waals surface area contributed by atoms with Crippen LogP contribution in [-0.2, 0) is 4.79 Å². The van der Waals surface area contributed by atoms with Crippen LogP contribution in [0.5, 0.6) is 0 Å². The summed E-state index contributed by atoms with van der Waals surface area (Å²) in [6.45, 7) is 2.93. The minimum absolute atomic E-state index is 0.296. The highest BCUT2D eigenvalue weighted by atomic mass is 19.1. The molecule has 2 aromatic carbocycles. The van der Waals surface area contributed by atoms with Gasteiger partial charge in [-0.3, -0.25) is 19.1 Å². The number of rotatable bonds is 3. The molecule has 158 valence electrons. The van der Waals surface area contributed by atoms with Crippen LogP contribution in [0.3, 0.4) is 0 Å².